The number of carboxylic acids is 1. The number of quaternary nitrogens is 1. The minimum absolute atomic E-state index is 0.287. The van der Waals surface area contributed by atoms with E-state index in [2.05, 4.69) is 43.5 Å². The average molecular weight is 391 g/mol. The highest BCUT2D eigenvalue weighted by Crippen LogP contribution is 2.30. The van der Waals surface area contributed by atoms with Gasteiger partial charge in [-0.2, -0.15) is 0 Å². The van der Waals surface area contributed by atoms with Gasteiger partial charge in [-0.05, 0) is 43.0 Å². The number of likely N-dealkylation sites (N-methyl/N-ethyl adjacent to an activating group) is 1. The summed E-state index contributed by atoms with van der Waals surface area (Å²) in [6.07, 6.45) is 4.20. The lowest BCUT2D eigenvalue weighted by molar-refractivity contribution is -0.905. The molecule has 1 unspecified atom stereocenters. The molecular weight excluding hydrogens is 368 g/mol. The highest BCUT2D eigenvalue weighted by molar-refractivity contribution is 7.98. The van der Waals surface area contributed by atoms with Crippen LogP contribution < -0.4 is 10.0 Å². The second kappa shape index (κ2) is 7.78. The van der Waals surface area contributed by atoms with Gasteiger partial charge in [0.15, 0.2) is 0 Å². The molecule has 0 saturated heterocycles. The number of hydrogen-bond acceptors (Lipinski definition) is 4. The van der Waals surface area contributed by atoms with Crippen LogP contribution in [0.5, 0.6) is 0 Å². The molecule has 1 aliphatic heterocycles. The summed E-state index contributed by atoms with van der Waals surface area (Å²) in [5.41, 5.74) is 4.74. The lowest BCUT2D eigenvalue weighted by atomic mass is 9.92. The third-order valence-corrected chi connectivity index (χ3v) is 6.07. The Morgan fingerprint density at radius 3 is 2.61 bits per heavy atom. The lowest BCUT2D eigenvalue weighted by Crippen LogP contribution is -3.11. The molecule has 5 heteroatoms. The molecule has 4 rings (SSSR count). The molecule has 0 spiro atoms. The van der Waals surface area contributed by atoms with Crippen molar-refractivity contribution in [2.24, 2.45) is 0 Å². The highest BCUT2D eigenvalue weighted by Gasteiger charge is 2.28. The van der Waals surface area contributed by atoms with Gasteiger partial charge < -0.3 is 14.8 Å². The number of nitrogens with zero attached hydrogens (tertiary/aromatic N) is 1. The molecule has 1 aliphatic rings. The van der Waals surface area contributed by atoms with Gasteiger partial charge in [-0.1, -0.05) is 30.3 Å². The Kier molecular flexibility index (Phi) is 5.20. The Bertz CT molecular complexity index is 1070. The number of rotatable bonds is 4. The second-order valence-electron chi connectivity index (χ2n) is 7.02. The molecule has 0 amide bonds. The summed E-state index contributed by atoms with van der Waals surface area (Å²) in [6, 6.07) is 15.8. The van der Waals surface area contributed by atoms with Crippen molar-refractivity contribution in [1.29, 1.82) is 0 Å². The first-order valence-corrected chi connectivity index (χ1v) is 10.6. The summed E-state index contributed by atoms with van der Waals surface area (Å²) in [5.74, 6) is -1.13. The standard InChI is InChI=1S/C23H22N2O2S/c1-3-25-13-16(12-15-8-10-17(28-2)11-9-15)22-19(14-25)21(23(26)27)18-6-4-5-7-20(18)24-22/h4-12H,3,13-14H2,1-2H3,(H,26,27)/b16-12+. The van der Waals surface area contributed by atoms with Crippen LogP contribution in [0.2, 0.25) is 0 Å². The van der Waals surface area contributed by atoms with Gasteiger partial charge in [0.05, 0.1) is 23.7 Å². The molecule has 0 aliphatic carbocycles. The zero-order valence-electron chi connectivity index (χ0n) is 16.0. The monoisotopic (exact) mass is 390 g/mol. The minimum atomic E-state index is -1.13. The van der Waals surface area contributed by atoms with E-state index in [1.165, 1.54) is 9.80 Å². The molecule has 0 saturated carbocycles. The van der Waals surface area contributed by atoms with E-state index in [0.717, 1.165) is 35.5 Å². The molecule has 3 aromatic rings. The average Bonchev–Trinajstić information content (AvgIpc) is 2.72. The van der Waals surface area contributed by atoms with Crippen LogP contribution in [0.4, 0.5) is 0 Å². The number of para-hydroxylation sites is 1. The summed E-state index contributed by atoms with van der Waals surface area (Å²) in [7, 11) is 0. The topological polar surface area (TPSA) is 57.5 Å². The Balaban J connectivity index is 1.93. The molecule has 28 heavy (non-hydrogen) atoms. The van der Waals surface area contributed by atoms with Crippen LogP contribution in [-0.2, 0) is 6.54 Å². The zero-order chi connectivity index (χ0) is 19.7. The van der Waals surface area contributed by atoms with Crippen molar-refractivity contribution in [3.63, 3.8) is 0 Å². The molecule has 2 aromatic carbocycles. The number of thioether (sulfide) groups is 1. The van der Waals surface area contributed by atoms with Crippen molar-refractivity contribution in [1.82, 2.24) is 4.98 Å². The van der Waals surface area contributed by atoms with Crippen molar-refractivity contribution in [3.8, 4) is 0 Å². The van der Waals surface area contributed by atoms with Gasteiger partial charge in [0.25, 0.3) is 0 Å². The van der Waals surface area contributed by atoms with E-state index in [-0.39, 0.29) is 5.56 Å². The van der Waals surface area contributed by atoms with Crippen LogP contribution in [0.1, 0.15) is 34.1 Å². The number of hydrogen-bond donors (Lipinski definition) is 1. The van der Waals surface area contributed by atoms with E-state index in [9.17, 15) is 9.90 Å². The predicted molar refractivity (Wildman–Crippen MR) is 112 cm³/mol. The van der Waals surface area contributed by atoms with Gasteiger partial charge in [-0.15, -0.1) is 11.8 Å². The number of carboxylic acid groups (broad SMARTS) is 1. The van der Waals surface area contributed by atoms with Crippen molar-refractivity contribution in [2.75, 3.05) is 19.3 Å². The molecular formula is C23H22N2O2S. The van der Waals surface area contributed by atoms with Gasteiger partial charge in [-0.25, -0.2) is 4.98 Å². The molecule has 0 fully saturated rings. The van der Waals surface area contributed by atoms with Gasteiger partial charge in [0, 0.05) is 27.0 Å². The minimum Gasteiger partial charge on any atom is -0.545 e. The van der Waals surface area contributed by atoms with Gasteiger partial charge in [0.2, 0.25) is 0 Å². The number of benzene rings is 2. The Morgan fingerprint density at radius 2 is 1.93 bits per heavy atom. The summed E-state index contributed by atoms with van der Waals surface area (Å²) in [6.45, 7) is 4.52. The molecule has 4 nitrogen and oxygen atoms in total. The summed E-state index contributed by atoms with van der Waals surface area (Å²) < 4.78 is 0. The van der Waals surface area contributed by atoms with Crippen molar-refractivity contribution < 1.29 is 14.8 Å². The van der Waals surface area contributed by atoms with Crippen LogP contribution >= 0.6 is 11.8 Å². The number of aromatic carboxylic acids is 1. The summed E-state index contributed by atoms with van der Waals surface area (Å²) >= 11 is 1.71. The fourth-order valence-electron chi connectivity index (χ4n) is 3.86. The van der Waals surface area contributed by atoms with Crippen LogP contribution in [0.25, 0.3) is 22.6 Å². The number of carbonyl (C=O) groups excluding carboxylic acids is 1. The largest absolute Gasteiger partial charge is 0.545 e. The summed E-state index contributed by atoms with van der Waals surface area (Å²) in [4.78, 5) is 19.4. The van der Waals surface area contributed by atoms with E-state index in [4.69, 9.17) is 4.98 Å². The highest BCUT2D eigenvalue weighted by atomic mass is 32.2. The lowest BCUT2D eigenvalue weighted by Gasteiger charge is -2.29. The van der Waals surface area contributed by atoms with Crippen molar-refractivity contribution in [3.05, 3.63) is 70.9 Å². The van der Waals surface area contributed by atoms with Crippen molar-refractivity contribution in [2.45, 2.75) is 18.4 Å². The first-order valence-electron chi connectivity index (χ1n) is 9.42. The van der Waals surface area contributed by atoms with Crippen LogP contribution in [0.15, 0.2) is 53.4 Å². The maximum atomic E-state index is 12.0. The molecule has 142 valence electrons. The molecule has 1 atom stereocenters. The van der Waals surface area contributed by atoms with E-state index in [0.29, 0.717) is 17.4 Å². The Hall–Kier alpha value is -2.63. The number of nitrogens with one attached hydrogen (secondary N) is 1. The Morgan fingerprint density at radius 1 is 1.18 bits per heavy atom. The molecule has 2 heterocycles. The third kappa shape index (κ3) is 3.43. The van der Waals surface area contributed by atoms with E-state index in [1.807, 2.05) is 24.3 Å². The zero-order valence-corrected chi connectivity index (χ0v) is 16.8. The smallest absolute Gasteiger partial charge is 0.106 e. The SMILES string of the molecule is CC[NH+]1C/C(=C\c2ccc(SC)cc2)c2nc3ccccc3c(C(=O)[O-])c2C1. The fourth-order valence-corrected chi connectivity index (χ4v) is 4.27. The van der Waals surface area contributed by atoms with Crippen LogP contribution in [0.3, 0.4) is 0 Å². The van der Waals surface area contributed by atoms with E-state index in [1.54, 1.807) is 11.8 Å². The van der Waals surface area contributed by atoms with Crippen molar-refractivity contribution >= 4 is 40.3 Å². The van der Waals surface area contributed by atoms with Crippen LogP contribution in [-0.4, -0.2) is 30.3 Å². The predicted octanol–water partition coefficient (Wildman–Crippen LogP) is 2.28. The molecule has 1 N–H and O–H groups in total. The van der Waals surface area contributed by atoms with Gasteiger partial charge in [-0.3, -0.25) is 0 Å². The van der Waals surface area contributed by atoms with Crippen LogP contribution in [0, 0.1) is 0 Å². The Labute approximate surface area is 168 Å². The van der Waals surface area contributed by atoms with Gasteiger partial charge >= 0.3 is 0 Å². The van der Waals surface area contributed by atoms with E-state index >= 15 is 0 Å². The number of fused-ring (bicyclic) bond motifs is 2. The second-order valence-corrected chi connectivity index (χ2v) is 7.90. The normalized spacial score (nSPS) is 17.6. The third-order valence-electron chi connectivity index (χ3n) is 5.33. The van der Waals surface area contributed by atoms with Gasteiger partial charge in [0.1, 0.15) is 13.1 Å². The molecule has 0 radical (unpaired) electrons. The summed E-state index contributed by atoms with van der Waals surface area (Å²) in [5, 5.41) is 12.7. The number of aromatic nitrogens is 1. The number of carbonyl (C=O) groups is 1. The first kappa shape index (κ1) is 18.7. The quantitative estimate of drug-likeness (QED) is 0.695. The van der Waals surface area contributed by atoms with E-state index < -0.39 is 5.97 Å². The maximum Gasteiger partial charge on any atom is 0.106 e. The maximum absolute atomic E-state index is 12.0. The molecule has 1 aromatic heterocycles. The fraction of sp³-hybridized carbons (Fsp3) is 0.217. The number of pyridine rings is 1. The first-order chi connectivity index (χ1) is 13.6. The molecule has 0 bridgehead atoms.